The normalized spacial score (nSPS) is 12.1. The molecule has 20 heteroatoms. The molecule has 0 bridgehead atoms. The third kappa shape index (κ3) is 15.5. The number of amides is 4. The average Bonchev–Trinajstić information content (AvgIpc) is 3.25. The highest BCUT2D eigenvalue weighted by atomic mass is 32.2. The molecule has 3 aromatic carbocycles. The minimum Gasteiger partial charge on any atom is -0.444 e. The molecule has 0 radical (unpaired) electrons. The van der Waals surface area contributed by atoms with Gasteiger partial charge in [0.25, 0.3) is 0 Å². The Bertz CT molecular complexity index is 2530. The van der Waals surface area contributed by atoms with Crippen LogP contribution in [0.15, 0.2) is 107 Å². The minimum atomic E-state index is -3.95. The van der Waals surface area contributed by atoms with Gasteiger partial charge >= 0.3 is 12.2 Å². The lowest BCUT2D eigenvalue weighted by molar-refractivity contribution is -0.122. The van der Waals surface area contributed by atoms with Gasteiger partial charge in [-0.05, 0) is 76.9 Å². The van der Waals surface area contributed by atoms with Gasteiger partial charge in [-0.2, -0.15) is 0 Å². The predicted octanol–water partition coefficient (Wildman–Crippen LogP) is 5.23. The number of hydrogen-bond acceptors (Lipinski definition) is 12. The molecule has 0 saturated carbocycles. The quantitative estimate of drug-likeness (QED) is 0.0786. The largest absolute Gasteiger partial charge is 0.444 e. The Hall–Kier alpha value is -6.22. The number of fused-ring (bicyclic) bond motifs is 2. The van der Waals surface area contributed by atoms with Crippen molar-refractivity contribution in [3.63, 3.8) is 0 Å². The zero-order valence-electron chi connectivity index (χ0n) is 38.0. The number of rotatable bonds is 20. The molecule has 0 saturated heterocycles. The van der Waals surface area contributed by atoms with E-state index in [0.29, 0.717) is 21.5 Å². The third-order valence-corrected chi connectivity index (χ3v) is 12.8. The second kappa shape index (κ2) is 22.3. The third-order valence-electron chi connectivity index (χ3n) is 9.73. The summed E-state index contributed by atoms with van der Waals surface area (Å²) in [5, 5.41) is 8.01. The number of nitrogens with zero attached hydrogens (tertiary/aromatic N) is 4. The van der Waals surface area contributed by atoms with Crippen LogP contribution in [0.4, 0.5) is 9.59 Å². The van der Waals surface area contributed by atoms with Crippen LogP contribution in [0.2, 0.25) is 0 Å². The summed E-state index contributed by atoms with van der Waals surface area (Å²) in [5.41, 5.74) is -0.0847. The first-order chi connectivity index (χ1) is 31.1. The molecule has 2 heterocycles. The van der Waals surface area contributed by atoms with Gasteiger partial charge in [0, 0.05) is 112 Å². The molecule has 5 rings (SSSR count). The Morgan fingerprint density at radius 2 is 0.924 bits per heavy atom. The van der Waals surface area contributed by atoms with Crippen LogP contribution in [-0.4, -0.2) is 111 Å². The molecule has 0 unspecified atom stereocenters. The first kappa shape index (κ1) is 50.8. The lowest BCUT2D eigenvalue weighted by Gasteiger charge is -2.27. The fourth-order valence-corrected chi connectivity index (χ4v) is 9.00. The molecule has 4 amide bonds. The van der Waals surface area contributed by atoms with E-state index in [1.54, 1.807) is 115 Å². The lowest BCUT2D eigenvalue weighted by Crippen LogP contribution is -2.43. The van der Waals surface area contributed by atoms with Gasteiger partial charge in [-0.25, -0.2) is 35.9 Å². The number of hydrogen-bond donors (Lipinski definition) is 4. The maximum atomic E-state index is 13.2. The first-order valence-corrected chi connectivity index (χ1v) is 24.3. The molecule has 0 aliphatic rings. The van der Waals surface area contributed by atoms with Crippen LogP contribution in [0.3, 0.4) is 0 Å². The molecule has 0 fully saturated rings. The minimum absolute atomic E-state index is 0.0283. The summed E-state index contributed by atoms with van der Waals surface area (Å²) in [4.78, 5) is 62.8. The van der Waals surface area contributed by atoms with Crippen molar-refractivity contribution in [1.82, 2.24) is 39.8 Å². The van der Waals surface area contributed by atoms with Gasteiger partial charge in [0.2, 0.25) is 31.9 Å². The summed E-state index contributed by atoms with van der Waals surface area (Å²) in [6.45, 7) is 10.2. The maximum absolute atomic E-state index is 13.2. The molecular weight excluding hydrogens is 889 g/mol. The number of benzene rings is 3. The van der Waals surface area contributed by atoms with E-state index in [4.69, 9.17) is 9.47 Å². The number of nitrogens with one attached hydrogen (secondary N) is 4. The number of carbonyl (C=O) groups excluding carboxylic acids is 4. The van der Waals surface area contributed by atoms with E-state index in [9.17, 15) is 36.0 Å². The summed E-state index contributed by atoms with van der Waals surface area (Å²) in [7, 11) is -7.90. The second-order valence-electron chi connectivity index (χ2n) is 17.3. The van der Waals surface area contributed by atoms with E-state index in [0.717, 1.165) is 11.1 Å². The fourth-order valence-electron chi connectivity index (χ4n) is 6.51. The van der Waals surface area contributed by atoms with Crippen LogP contribution in [0, 0.1) is 0 Å². The van der Waals surface area contributed by atoms with Crippen LogP contribution in [0.5, 0.6) is 0 Å². The van der Waals surface area contributed by atoms with Gasteiger partial charge in [-0.3, -0.25) is 19.6 Å². The number of pyridine rings is 2. The van der Waals surface area contributed by atoms with E-state index in [1.807, 2.05) is 0 Å². The molecule has 66 heavy (non-hydrogen) atoms. The van der Waals surface area contributed by atoms with Crippen molar-refractivity contribution < 1.29 is 45.5 Å². The molecule has 0 aliphatic heterocycles. The molecular formula is C46H58N8O10S2. The van der Waals surface area contributed by atoms with Gasteiger partial charge in [-0.15, -0.1) is 0 Å². The molecule has 0 aliphatic carbocycles. The number of ether oxygens (including phenoxy) is 2. The van der Waals surface area contributed by atoms with Crippen LogP contribution in [-0.2, 0) is 52.2 Å². The molecule has 4 N–H and O–H groups in total. The Morgan fingerprint density at radius 1 is 0.545 bits per heavy atom. The van der Waals surface area contributed by atoms with E-state index in [2.05, 4.69) is 30.0 Å². The lowest BCUT2D eigenvalue weighted by atomic mass is 10.1. The molecule has 0 atom stereocenters. The monoisotopic (exact) mass is 946 g/mol. The van der Waals surface area contributed by atoms with Gasteiger partial charge in [0.05, 0.1) is 9.79 Å². The Morgan fingerprint density at radius 3 is 1.29 bits per heavy atom. The van der Waals surface area contributed by atoms with Crippen molar-refractivity contribution in [3.05, 3.63) is 109 Å². The number of sulfonamides is 2. The Kier molecular flexibility index (Phi) is 17.2. The van der Waals surface area contributed by atoms with Gasteiger partial charge in [0.15, 0.2) is 0 Å². The van der Waals surface area contributed by atoms with E-state index in [-0.39, 0.29) is 86.8 Å². The van der Waals surface area contributed by atoms with Crippen LogP contribution < -0.4 is 20.1 Å². The number of aromatic nitrogens is 2. The average molecular weight is 947 g/mol. The van der Waals surface area contributed by atoms with Crippen molar-refractivity contribution in [2.45, 2.75) is 88.5 Å². The van der Waals surface area contributed by atoms with Crippen molar-refractivity contribution in [3.8, 4) is 0 Å². The maximum Gasteiger partial charge on any atom is 0.410 e. The van der Waals surface area contributed by atoms with Crippen molar-refractivity contribution >= 4 is 65.6 Å². The Labute approximate surface area is 385 Å². The molecule has 5 aromatic rings. The van der Waals surface area contributed by atoms with Gasteiger partial charge < -0.3 is 29.9 Å². The first-order valence-electron chi connectivity index (χ1n) is 21.3. The van der Waals surface area contributed by atoms with E-state index >= 15 is 0 Å². The van der Waals surface area contributed by atoms with Crippen LogP contribution >= 0.6 is 0 Å². The summed E-state index contributed by atoms with van der Waals surface area (Å²) in [6.07, 6.45) is 4.65. The summed E-state index contributed by atoms with van der Waals surface area (Å²) in [6, 6.07) is 20.2. The highest BCUT2D eigenvalue weighted by Gasteiger charge is 2.26. The fraction of sp³-hybridized carbons (Fsp3) is 0.391. The van der Waals surface area contributed by atoms with Gasteiger partial charge in [0.1, 0.15) is 11.2 Å². The zero-order valence-corrected chi connectivity index (χ0v) is 39.6. The smallest absolute Gasteiger partial charge is 0.410 e. The SMILES string of the molecule is CC(C)(C)OC(=O)N(CCNS(=O)(=O)c1cccc2cnccc12)CCC(=O)NCc1ccc(CNC(=O)CCN(CCNS(=O)(=O)c2cccc3cnccc23)C(=O)OC(C)(C)C)cc1. The molecule has 354 valence electrons. The molecule has 18 nitrogen and oxygen atoms in total. The highest BCUT2D eigenvalue weighted by molar-refractivity contribution is 7.90. The van der Waals surface area contributed by atoms with Crippen molar-refractivity contribution in [2.75, 3.05) is 39.3 Å². The van der Waals surface area contributed by atoms with E-state index in [1.165, 1.54) is 34.3 Å². The zero-order chi connectivity index (χ0) is 48.1. The predicted molar refractivity (Wildman–Crippen MR) is 249 cm³/mol. The van der Waals surface area contributed by atoms with Crippen LogP contribution in [0.1, 0.15) is 65.5 Å². The standard InChI is InChI=1S/C46H58N8O10S2/c1-45(2,3)63-43(57)53(27-23-51-65(59,60)39-11-7-9-35-31-47-21-17-37(35)39)25-19-41(55)49-29-33-13-15-34(16-14-33)30-50-42(56)20-26-54(44(58)64-46(4,5)6)28-24-52-66(61,62)40-12-8-10-36-32-48-22-18-38(36)40/h7-18,21-22,31-32,51-52H,19-20,23-30H2,1-6H3,(H,49,55)(H,50,56). The topological polar surface area (TPSA) is 235 Å². The molecule has 2 aromatic heterocycles. The summed E-state index contributed by atoms with van der Waals surface area (Å²) >= 11 is 0. The van der Waals surface area contributed by atoms with Crippen LogP contribution in [0.25, 0.3) is 21.5 Å². The summed E-state index contributed by atoms with van der Waals surface area (Å²) in [5.74, 6) is -0.685. The molecule has 0 spiro atoms. The van der Waals surface area contributed by atoms with Crippen molar-refractivity contribution in [1.29, 1.82) is 0 Å². The van der Waals surface area contributed by atoms with Crippen molar-refractivity contribution in [2.24, 2.45) is 0 Å². The Balaban J connectivity index is 1.07. The number of carbonyl (C=O) groups is 4. The summed E-state index contributed by atoms with van der Waals surface area (Å²) < 4.78 is 69.1. The van der Waals surface area contributed by atoms with E-state index < -0.39 is 43.4 Å². The highest BCUT2D eigenvalue weighted by Crippen LogP contribution is 2.23. The van der Waals surface area contributed by atoms with Gasteiger partial charge in [-0.1, -0.05) is 48.5 Å². The second-order valence-corrected chi connectivity index (χ2v) is 20.8.